The van der Waals surface area contributed by atoms with Gasteiger partial charge in [0.1, 0.15) is 23.6 Å². The van der Waals surface area contributed by atoms with E-state index >= 15 is 0 Å². The number of rotatable bonds is 2. The molecule has 8 nitrogen and oxygen atoms in total. The minimum Gasteiger partial charge on any atom is -0.444 e. The number of carbonyl (C=O) groups excluding carboxylic acids is 2. The summed E-state index contributed by atoms with van der Waals surface area (Å²) in [6, 6.07) is 0.0781. The Hall–Kier alpha value is -2.38. The van der Waals surface area contributed by atoms with E-state index in [9.17, 15) is 9.59 Å². The third-order valence-corrected chi connectivity index (χ3v) is 7.97. The van der Waals surface area contributed by atoms with E-state index in [1.54, 1.807) is 6.33 Å². The Kier molecular flexibility index (Phi) is 5.33. The number of hydrogen-bond acceptors (Lipinski definition) is 6. The first-order valence-electron chi connectivity index (χ1n) is 12.5. The van der Waals surface area contributed by atoms with E-state index in [1.807, 2.05) is 30.6 Å². The maximum atomic E-state index is 13.2. The summed E-state index contributed by atoms with van der Waals surface area (Å²) in [6.07, 6.45) is 7.83. The van der Waals surface area contributed by atoms with Crippen LogP contribution in [0.3, 0.4) is 0 Å². The predicted molar refractivity (Wildman–Crippen MR) is 126 cm³/mol. The van der Waals surface area contributed by atoms with Crippen LogP contribution in [0.25, 0.3) is 0 Å². The summed E-state index contributed by atoms with van der Waals surface area (Å²) in [5, 5.41) is 0. The predicted octanol–water partition coefficient (Wildman–Crippen LogP) is 3.88. The van der Waals surface area contributed by atoms with Crippen molar-refractivity contribution in [2.75, 3.05) is 29.4 Å². The number of piperazine rings is 1. The summed E-state index contributed by atoms with van der Waals surface area (Å²) in [4.78, 5) is 41.6. The molecule has 0 aromatic carbocycles. The number of hydrogen-bond donors (Lipinski definition) is 0. The molecule has 0 bridgehead atoms. The van der Waals surface area contributed by atoms with Crippen molar-refractivity contribution in [1.82, 2.24) is 14.9 Å². The molecule has 2 aliphatic carbocycles. The van der Waals surface area contributed by atoms with Gasteiger partial charge in [0.25, 0.3) is 0 Å². The van der Waals surface area contributed by atoms with Crippen LogP contribution < -0.4 is 9.80 Å². The van der Waals surface area contributed by atoms with E-state index in [0.717, 1.165) is 55.8 Å². The van der Waals surface area contributed by atoms with Gasteiger partial charge in [-0.2, -0.15) is 0 Å². The van der Waals surface area contributed by atoms with Crippen LogP contribution >= 0.6 is 0 Å². The second-order valence-corrected chi connectivity index (χ2v) is 11.6. The monoisotopic (exact) mass is 455 g/mol. The molecule has 0 N–H and O–H groups in total. The second kappa shape index (κ2) is 7.84. The molecule has 0 radical (unpaired) electrons. The highest BCUT2D eigenvalue weighted by Gasteiger charge is 2.53. The SMILES string of the molecule is C[C@@H]1CN(c2ncnc3c2C2(CCC2)CN3C(=O)C2CCC2)[C@@H](C)CN1C(=O)OC(C)(C)C. The zero-order valence-corrected chi connectivity index (χ0v) is 20.6. The Morgan fingerprint density at radius 2 is 1.73 bits per heavy atom. The molecule has 2 amide bonds. The number of fused-ring (bicyclic) bond motifs is 2. The van der Waals surface area contributed by atoms with Crippen molar-refractivity contribution in [3.05, 3.63) is 11.9 Å². The van der Waals surface area contributed by atoms with Gasteiger partial charge in [0.15, 0.2) is 0 Å². The van der Waals surface area contributed by atoms with Gasteiger partial charge in [-0.15, -0.1) is 0 Å². The summed E-state index contributed by atoms with van der Waals surface area (Å²) >= 11 is 0. The Morgan fingerprint density at radius 1 is 1.03 bits per heavy atom. The molecule has 1 spiro atoms. The summed E-state index contributed by atoms with van der Waals surface area (Å²) in [5.41, 5.74) is 0.627. The van der Waals surface area contributed by atoms with Crippen LogP contribution in [0.1, 0.15) is 78.7 Å². The third kappa shape index (κ3) is 3.75. The van der Waals surface area contributed by atoms with Crippen molar-refractivity contribution in [1.29, 1.82) is 0 Å². The van der Waals surface area contributed by atoms with E-state index in [2.05, 4.69) is 23.7 Å². The van der Waals surface area contributed by atoms with Gasteiger partial charge in [0.2, 0.25) is 5.91 Å². The minimum atomic E-state index is -0.516. The molecule has 33 heavy (non-hydrogen) atoms. The van der Waals surface area contributed by atoms with Gasteiger partial charge in [-0.3, -0.25) is 9.69 Å². The molecule has 2 atom stereocenters. The standard InChI is InChI=1S/C25H37N5O3/c1-16-13-29(23(32)33-24(3,4)5)17(2)12-28(16)20-19-21(27-15-26-20)30(14-25(19)10-7-11-25)22(31)18-8-6-9-18/h15-18H,6-14H2,1-5H3/t16-,17+/m0/s1. The summed E-state index contributed by atoms with van der Waals surface area (Å²) < 4.78 is 5.65. The Balaban J connectivity index is 1.44. The first kappa shape index (κ1) is 22.4. The van der Waals surface area contributed by atoms with Gasteiger partial charge in [0.05, 0.1) is 0 Å². The highest BCUT2D eigenvalue weighted by molar-refractivity contribution is 5.98. The lowest BCUT2D eigenvalue weighted by atomic mass is 9.66. The summed E-state index contributed by atoms with van der Waals surface area (Å²) in [5.74, 6) is 2.17. The summed E-state index contributed by atoms with van der Waals surface area (Å²) in [7, 11) is 0. The lowest BCUT2D eigenvalue weighted by Crippen LogP contribution is -2.59. The lowest BCUT2D eigenvalue weighted by Gasteiger charge is -2.46. The smallest absolute Gasteiger partial charge is 0.410 e. The van der Waals surface area contributed by atoms with Crippen molar-refractivity contribution in [2.45, 2.75) is 96.2 Å². The van der Waals surface area contributed by atoms with Crippen molar-refractivity contribution < 1.29 is 14.3 Å². The van der Waals surface area contributed by atoms with Gasteiger partial charge in [-0.1, -0.05) is 12.8 Å². The number of carbonyl (C=O) groups is 2. The molecule has 180 valence electrons. The van der Waals surface area contributed by atoms with Gasteiger partial charge in [0, 0.05) is 48.6 Å². The Bertz CT molecular complexity index is 950. The Morgan fingerprint density at radius 3 is 2.30 bits per heavy atom. The van der Waals surface area contributed by atoms with Gasteiger partial charge in [-0.05, 0) is 60.3 Å². The van der Waals surface area contributed by atoms with Crippen molar-refractivity contribution in [3.8, 4) is 0 Å². The van der Waals surface area contributed by atoms with E-state index in [0.29, 0.717) is 13.1 Å². The molecule has 8 heteroatoms. The zero-order chi connectivity index (χ0) is 23.5. The van der Waals surface area contributed by atoms with Gasteiger partial charge in [-0.25, -0.2) is 14.8 Å². The molecule has 0 unspecified atom stereocenters. The molecule has 2 aliphatic heterocycles. The molecule has 3 fully saturated rings. The number of nitrogens with zero attached hydrogens (tertiary/aromatic N) is 5. The largest absolute Gasteiger partial charge is 0.444 e. The number of anilines is 2. The topological polar surface area (TPSA) is 78.9 Å². The van der Waals surface area contributed by atoms with Crippen LogP contribution in [0.2, 0.25) is 0 Å². The normalized spacial score (nSPS) is 26.6. The lowest BCUT2D eigenvalue weighted by molar-refractivity contribution is -0.124. The Labute approximate surface area is 196 Å². The van der Waals surface area contributed by atoms with Gasteiger partial charge < -0.3 is 14.5 Å². The van der Waals surface area contributed by atoms with E-state index < -0.39 is 5.60 Å². The summed E-state index contributed by atoms with van der Waals surface area (Å²) in [6.45, 7) is 11.9. The molecule has 1 aromatic rings. The maximum absolute atomic E-state index is 13.2. The molecule has 4 aliphatic rings. The number of amides is 2. The van der Waals surface area contributed by atoms with Crippen LogP contribution in [-0.2, 0) is 14.9 Å². The molecular formula is C25H37N5O3. The second-order valence-electron chi connectivity index (χ2n) is 11.6. The van der Waals surface area contributed by atoms with E-state index in [-0.39, 0.29) is 35.4 Å². The van der Waals surface area contributed by atoms with E-state index in [4.69, 9.17) is 9.72 Å². The third-order valence-electron chi connectivity index (χ3n) is 7.97. The fraction of sp³-hybridized carbons (Fsp3) is 0.760. The van der Waals surface area contributed by atoms with E-state index in [1.165, 1.54) is 6.42 Å². The molecule has 2 saturated carbocycles. The van der Waals surface area contributed by atoms with Crippen molar-refractivity contribution >= 4 is 23.6 Å². The van der Waals surface area contributed by atoms with Crippen molar-refractivity contribution in [2.24, 2.45) is 5.92 Å². The highest BCUT2D eigenvalue weighted by Crippen LogP contribution is 2.55. The average Bonchev–Trinajstić information content (AvgIpc) is 3.03. The number of aromatic nitrogens is 2. The molecule has 1 aromatic heterocycles. The molecule has 3 heterocycles. The average molecular weight is 456 g/mol. The molecule has 5 rings (SSSR count). The molecular weight excluding hydrogens is 418 g/mol. The molecule has 1 saturated heterocycles. The van der Waals surface area contributed by atoms with Crippen LogP contribution in [0.5, 0.6) is 0 Å². The van der Waals surface area contributed by atoms with Crippen LogP contribution in [-0.4, -0.2) is 64.2 Å². The van der Waals surface area contributed by atoms with Gasteiger partial charge >= 0.3 is 6.09 Å². The minimum absolute atomic E-state index is 0.00637. The zero-order valence-electron chi connectivity index (χ0n) is 20.6. The van der Waals surface area contributed by atoms with Crippen LogP contribution in [0.4, 0.5) is 16.4 Å². The highest BCUT2D eigenvalue weighted by atomic mass is 16.6. The van der Waals surface area contributed by atoms with Crippen LogP contribution in [0.15, 0.2) is 6.33 Å². The van der Waals surface area contributed by atoms with Crippen molar-refractivity contribution in [3.63, 3.8) is 0 Å². The fourth-order valence-corrected chi connectivity index (χ4v) is 5.79. The number of ether oxygens (including phenoxy) is 1. The fourth-order valence-electron chi connectivity index (χ4n) is 5.79. The first-order chi connectivity index (χ1) is 15.6. The maximum Gasteiger partial charge on any atom is 0.410 e. The van der Waals surface area contributed by atoms with Crippen LogP contribution in [0, 0.1) is 5.92 Å². The first-order valence-corrected chi connectivity index (χ1v) is 12.5. The quantitative estimate of drug-likeness (QED) is 0.673.